The molecule has 1 unspecified atom stereocenters. The number of nitrogens with zero attached hydrogens (tertiary/aromatic N) is 3. The summed E-state index contributed by atoms with van der Waals surface area (Å²) in [6, 6.07) is 4.34. The summed E-state index contributed by atoms with van der Waals surface area (Å²) in [4.78, 5) is 21.5. The lowest BCUT2D eigenvalue weighted by Crippen LogP contribution is -2.45. The summed E-state index contributed by atoms with van der Waals surface area (Å²) >= 11 is 0. The van der Waals surface area contributed by atoms with E-state index in [0.717, 1.165) is 45.4 Å². The highest BCUT2D eigenvalue weighted by Crippen LogP contribution is 2.23. The first-order valence-corrected chi connectivity index (χ1v) is 9.33. The van der Waals surface area contributed by atoms with Crippen LogP contribution in [0.5, 0.6) is 0 Å². The zero-order chi connectivity index (χ0) is 17.6. The Kier molecular flexibility index (Phi) is 6.21. The van der Waals surface area contributed by atoms with E-state index < -0.39 is 0 Å². The second-order valence-corrected chi connectivity index (χ2v) is 7.67. The number of hydrogen-bond acceptors (Lipinski definition) is 4. The fraction of sp³-hybridized carbons (Fsp3) is 0.600. The third-order valence-electron chi connectivity index (χ3n) is 5.21. The Balaban J connectivity index is 1.61. The van der Waals surface area contributed by atoms with Crippen molar-refractivity contribution in [2.24, 2.45) is 11.8 Å². The monoisotopic (exact) mass is 342 g/mol. The first-order valence-electron chi connectivity index (χ1n) is 9.33. The summed E-state index contributed by atoms with van der Waals surface area (Å²) in [6.45, 7) is 3.83. The van der Waals surface area contributed by atoms with Gasteiger partial charge in [0.2, 0.25) is 5.91 Å². The average molecular weight is 342 g/mol. The van der Waals surface area contributed by atoms with Crippen LogP contribution in [0.25, 0.3) is 0 Å². The number of amides is 1. The number of carbonyl (C=O) groups excluding carboxylic acids is 1. The Morgan fingerprint density at radius 2 is 2.24 bits per heavy atom. The van der Waals surface area contributed by atoms with E-state index in [1.807, 2.05) is 18.5 Å². The molecular formula is C20H30N4O. The van der Waals surface area contributed by atoms with Crippen LogP contribution in [0.3, 0.4) is 0 Å². The lowest BCUT2D eigenvalue weighted by molar-refractivity contribution is -0.126. The van der Waals surface area contributed by atoms with Gasteiger partial charge in [-0.1, -0.05) is 18.2 Å². The number of nitrogens with one attached hydrogen (secondary N) is 1. The number of carbonyl (C=O) groups is 1. The van der Waals surface area contributed by atoms with Crippen LogP contribution in [0.2, 0.25) is 0 Å². The molecule has 0 saturated carbocycles. The summed E-state index contributed by atoms with van der Waals surface area (Å²) in [7, 11) is 4.21. The van der Waals surface area contributed by atoms with Crippen molar-refractivity contribution in [3.05, 3.63) is 42.2 Å². The molecule has 1 aliphatic heterocycles. The van der Waals surface area contributed by atoms with Crippen LogP contribution < -0.4 is 5.32 Å². The van der Waals surface area contributed by atoms with Gasteiger partial charge in [0, 0.05) is 56.5 Å². The Labute approximate surface area is 151 Å². The molecule has 1 amide bonds. The van der Waals surface area contributed by atoms with Crippen molar-refractivity contribution in [1.82, 2.24) is 20.1 Å². The second-order valence-electron chi connectivity index (χ2n) is 7.67. The molecule has 0 aromatic carbocycles. The standard InChI is InChI=1S/C20H30N4O/c1-23(2)13-18-14-24(12-16-7-6-10-21-11-16)15-19(18)22-20(25)17-8-4-3-5-9-17/h3-4,6-7,10-11,17-19H,5,8-9,12-15H2,1-2H3,(H,22,25)/t17?,18-,19-/m1/s1. The minimum Gasteiger partial charge on any atom is -0.351 e. The molecule has 1 aliphatic carbocycles. The second kappa shape index (κ2) is 8.59. The number of likely N-dealkylation sites (tertiary alicyclic amines) is 1. The first kappa shape index (κ1) is 18.1. The van der Waals surface area contributed by atoms with Gasteiger partial charge in [-0.2, -0.15) is 0 Å². The molecule has 3 atom stereocenters. The van der Waals surface area contributed by atoms with Crippen molar-refractivity contribution >= 4 is 5.91 Å². The molecule has 3 rings (SSSR count). The lowest BCUT2D eigenvalue weighted by Gasteiger charge is -2.25. The van der Waals surface area contributed by atoms with Gasteiger partial charge in [-0.15, -0.1) is 0 Å². The summed E-state index contributed by atoms with van der Waals surface area (Å²) in [5.74, 6) is 0.855. The van der Waals surface area contributed by atoms with E-state index in [4.69, 9.17) is 0 Å². The zero-order valence-corrected chi connectivity index (χ0v) is 15.4. The maximum atomic E-state index is 12.7. The summed E-state index contributed by atoms with van der Waals surface area (Å²) in [5.41, 5.74) is 1.23. The van der Waals surface area contributed by atoms with Crippen LogP contribution in [-0.4, -0.2) is 60.5 Å². The van der Waals surface area contributed by atoms with E-state index in [-0.39, 0.29) is 17.9 Å². The van der Waals surface area contributed by atoms with Gasteiger partial charge < -0.3 is 10.2 Å². The van der Waals surface area contributed by atoms with Crippen molar-refractivity contribution in [3.8, 4) is 0 Å². The van der Waals surface area contributed by atoms with Gasteiger partial charge in [-0.25, -0.2) is 0 Å². The Morgan fingerprint density at radius 1 is 1.36 bits per heavy atom. The number of rotatable bonds is 6. The summed E-state index contributed by atoms with van der Waals surface area (Å²) in [6.07, 6.45) is 11.0. The fourth-order valence-corrected chi connectivity index (χ4v) is 3.99. The van der Waals surface area contributed by atoms with Crippen molar-refractivity contribution in [2.45, 2.75) is 31.8 Å². The van der Waals surface area contributed by atoms with E-state index in [9.17, 15) is 4.79 Å². The van der Waals surface area contributed by atoms with Crippen LogP contribution in [-0.2, 0) is 11.3 Å². The third-order valence-corrected chi connectivity index (χ3v) is 5.21. The van der Waals surface area contributed by atoms with E-state index in [2.05, 4.69) is 52.4 Å². The molecule has 1 fully saturated rings. The van der Waals surface area contributed by atoms with Crippen LogP contribution in [0.1, 0.15) is 24.8 Å². The Hall–Kier alpha value is -1.72. The molecule has 0 radical (unpaired) electrons. The molecule has 0 spiro atoms. The maximum absolute atomic E-state index is 12.7. The minimum atomic E-state index is 0.150. The number of aromatic nitrogens is 1. The van der Waals surface area contributed by atoms with E-state index in [1.165, 1.54) is 5.56 Å². The van der Waals surface area contributed by atoms with Crippen molar-refractivity contribution < 1.29 is 4.79 Å². The molecule has 5 heteroatoms. The predicted octanol–water partition coefficient (Wildman–Crippen LogP) is 1.92. The van der Waals surface area contributed by atoms with Gasteiger partial charge in [0.25, 0.3) is 0 Å². The van der Waals surface area contributed by atoms with Gasteiger partial charge >= 0.3 is 0 Å². The van der Waals surface area contributed by atoms with Gasteiger partial charge in [0.15, 0.2) is 0 Å². The van der Waals surface area contributed by atoms with Crippen molar-refractivity contribution in [2.75, 3.05) is 33.7 Å². The smallest absolute Gasteiger partial charge is 0.223 e. The molecule has 2 heterocycles. The highest BCUT2D eigenvalue weighted by molar-refractivity contribution is 5.79. The van der Waals surface area contributed by atoms with Gasteiger partial charge in [-0.05, 0) is 45.0 Å². The molecule has 0 bridgehead atoms. The number of pyridine rings is 1. The van der Waals surface area contributed by atoms with Crippen LogP contribution in [0.4, 0.5) is 0 Å². The molecule has 25 heavy (non-hydrogen) atoms. The van der Waals surface area contributed by atoms with E-state index in [1.54, 1.807) is 0 Å². The topological polar surface area (TPSA) is 48.5 Å². The molecule has 1 aromatic rings. The van der Waals surface area contributed by atoms with Crippen LogP contribution in [0.15, 0.2) is 36.7 Å². The molecule has 5 nitrogen and oxygen atoms in total. The highest BCUT2D eigenvalue weighted by Gasteiger charge is 2.35. The van der Waals surface area contributed by atoms with E-state index >= 15 is 0 Å². The summed E-state index contributed by atoms with van der Waals surface area (Å²) in [5, 5.41) is 3.36. The van der Waals surface area contributed by atoms with E-state index in [0.29, 0.717) is 5.92 Å². The van der Waals surface area contributed by atoms with Gasteiger partial charge in [0.1, 0.15) is 0 Å². The highest BCUT2D eigenvalue weighted by atomic mass is 16.2. The zero-order valence-electron chi connectivity index (χ0n) is 15.4. The largest absolute Gasteiger partial charge is 0.351 e. The maximum Gasteiger partial charge on any atom is 0.223 e. The Bertz CT molecular complexity index is 587. The molecule has 1 aromatic heterocycles. The molecular weight excluding hydrogens is 312 g/mol. The van der Waals surface area contributed by atoms with Crippen molar-refractivity contribution in [1.29, 1.82) is 0 Å². The van der Waals surface area contributed by atoms with Crippen LogP contribution in [0, 0.1) is 11.8 Å². The molecule has 1 saturated heterocycles. The number of hydrogen-bond donors (Lipinski definition) is 1. The SMILES string of the molecule is CN(C)C[C@@H]1CN(Cc2cccnc2)C[C@H]1NC(=O)C1CC=CCC1. The lowest BCUT2D eigenvalue weighted by atomic mass is 9.92. The average Bonchev–Trinajstić information content (AvgIpc) is 2.96. The molecule has 1 N–H and O–H groups in total. The van der Waals surface area contributed by atoms with Gasteiger partial charge in [0.05, 0.1) is 0 Å². The quantitative estimate of drug-likeness (QED) is 0.803. The van der Waals surface area contributed by atoms with Crippen molar-refractivity contribution in [3.63, 3.8) is 0 Å². The summed E-state index contributed by atoms with van der Waals surface area (Å²) < 4.78 is 0. The van der Waals surface area contributed by atoms with Gasteiger partial charge in [-0.3, -0.25) is 14.7 Å². The fourth-order valence-electron chi connectivity index (χ4n) is 3.99. The molecule has 2 aliphatic rings. The third kappa shape index (κ3) is 5.13. The predicted molar refractivity (Wildman–Crippen MR) is 100.0 cm³/mol. The Morgan fingerprint density at radius 3 is 2.92 bits per heavy atom. The molecule has 136 valence electrons. The number of allylic oxidation sites excluding steroid dienone is 2. The minimum absolute atomic E-state index is 0.150. The first-order chi connectivity index (χ1) is 12.1. The normalized spacial score (nSPS) is 26.9. The van der Waals surface area contributed by atoms with Crippen LogP contribution >= 0.6 is 0 Å².